The van der Waals surface area contributed by atoms with Gasteiger partial charge in [-0.2, -0.15) is 0 Å². The number of amides is 2. The summed E-state index contributed by atoms with van der Waals surface area (Å²) in [5, 5.41) is 2.80. The number of carbonyl (C=O) groups is 2. The number of likely N-dealkylation sites (tertiary alicyclic amines) is 1. The van der Waals surface area contributed by atoms with Crippen LogP contribution in [0.5, 0.6) is 0 Å². The van der Waals surface area contributed by atoms with E-state index in [1.807, 2.05) is 42.4 Å². The van der Waals surface area contributed by atoms with Crippen molar-refractivity contribution in [3.8, 4) is 23.1 Å². The molecule has 4 aromatic rings. The van der Waals surface area contributed by atoms with Crippen molar-refractivity contribution in [3.63, 3.8) is 0 Å². The van der Waals surface area contributed by atoms with Crippen LogP contribution in [0.15, 0.2) is 61.1 Å². The summed E-state index contributed by atoms with van der Waals surface area (Å²) < 4.78 is 2.13. The highest BCUT2D eigenvalue weighted by Crippen LogP contribution is 2.33. The van der Waals surface area contributed by atoms with Gasteiger partial charge in [0, 0.05) is 48.2 Å². The molecule has 1 aliphatic heterocycles. The number of nitrogens with one attached hydrogen (secondary N) is 1. The number of benzene rings is 1. The zero-order valence-electron chi connectivity index (χ0n) is 20.2. The first-order valence-corrected chi connectivity index (χ1v) is 11.9. The molecule has 1 N–H and O–H groups in total. The van der Waals surface area contributed by atoms with Crippen molar-refractivity contribution in [2.75, 3.05) is 18.4 Å². The van der Waals surface area contributed by atoms with Gasteiger partial charge in [-0.05, 0) is 56.9 Å². The lowest BCUT2D eigenvalue weighted by molar-refractivity contribution is -0.126. The van der Waals surface area contributed by atoms with Gasteiger partial charge in [0.05, 0.1) is 17.4 Å². The summed E-state index contributed by atoms with van der Waals surface area (Å²) >= 11 is 0. The summed E-state index contributed by atoms with van der Waals surface area (Å²) in [4.78, 5) is 40.5. The van der Waals surface area contributed by atoms with Crippen LogP contribution in [0.25, 0.3) is 16.8 Å². The predicted octanol–water partition coefficient (Wildman–Crippen LogP) is 4.08. The quantitative estimate of drug-likeness (QED) is 0.446. The Balaban J connectivity index is 1.46. The van der Waals surface area contributed by atoms with E-state index in [1.165, 1.54) is 0 Å². The molecule has 36 heavy (non-hydrogen) atoms. The second kappa shape index (κ2) is 10.0. The van der Waals surface area contributed by atoms with Crippen molar-refractivity contribution >= 4 is 23.1 Å². The van der Waals surface area contributed by atoms with Crippen molar-refractivity contribution in [2.24, 2.45) is 0 Å². The number of anilines is 1. The van der Waals surface area contributed by atoms with Crippen molar-refractivity contribution < 1.29 is 9.59 Å². The molecule has 5 rings (SSSR count). The maximum atomic E-state index is 12.6. The molecule has 8 nitrogen and oxygen atoms in total. The van der Waals surface area contributed by atoms with Crippen LogP contribution in [0.3, 0.4) is 0 Å². The number of carbonyl (C=O) groups excluding carboxylic acids is 2. The molecule has 0 saturated carbocycles. The molecule has 1 atom stereocenters. The molecule has 0 unspecified atom stereocenters. The van der Waals surface area contributed by atoms with Gasteiger partial charge in [0.15, 0.2) is 0 Å². The van der Waals surface area contributed by atoms with Gasteiger partial charge in [0.25, 0.3) is 11.8 Å². The highest BCUT2D eigenvalue weighted by atomic mass is 16.2. The Morgan fingerprint density at radius 2 is 1.94 bits per heavy atom. The molecule has 0 radical (unpaired) electrons. The average molecular weight is 479 g/mol. The minimum atomic E-state index is -0.227. The number of rotatable bonds is 4. The largest absolute Gasteiger partial charge is 0.331 e. The molecule has 8 heteroatoms. The Labute approximate surface area is 209 Å². The van der Waals surface area contributed by atoms with Crippen molar-refractivity contribution in [2.45, 2.75) is 32.6 Å². The highest BCUT2D eigenvalue weighted by Gasteiger charge is 2.28. The molecule has 180 valence electrons. The molecule has 1 aliphatic rings. The molecule has 4 heterocycles. The number of fused-ring (bicyclic) bond motifs is 1. The highest BCUT2D eigenvalue weighted by molar-refractivity contribution is 6.04. The first-order chi connectivity index (χ1) is 17.5. The summed E-state index contributed by atoms with van der Waals surface area (Å²) in [6.07, 6.45) is 7.11. The lowest BCUT2D eigenvalue weighted by Crippen LogP contribution is -2.39. The third-order valence-corrected chi connectivity index (χ3v) is 6.38. The molecular weight excluding hydrogens is 452 g/mol. The molecule has 1 fully saturated rings. The number of imidazole rings is 1. The lowest BCUT2D eigenvalue weighted by Gasteiger charge is -2.31. The minimum Gasteiger partial charge on any atom is -0.331 e. The van der Waals surface area contributed by atoms with Crippen LogP contribution in [0, 0.1) is 18.8 Å². The maximum absolute atomic E-state index is 12.6. The predicted molar refractivity (Wildman–Crippen MR) is 137 cm³/mol. The number of piperidine rings is 1. The van der Waals surface area contributed by atoms with Crippen LogP contribution in [0.2, 0.25) is 0 Å². The standard InChI is InChI=1S/C28H26N6O2/c1-3-7-25(35)33-15-6-8-22(18-33)27-32-26(23-17-29-16-19(2)34(23)27)20-10-12-21(13-11-20)28(36)31-24-9-4-5-14-30-24/h4-5,9-14,16-17,22H,6,8,15,18H2,1-2H3,(H,30,31,36)/t22-/m1/s1. The summed E-state index contributed by atoms with van der Waals surface area (Å²) in [6, 6.07) is 12.7. The number of nitrogens with zero attached hydrogens (tertiary/aromatic N) is 5. The van der Waals surface area contributed by atoms with E-state index < -0.39 is 0 Å². The lowest BCUT2D eigenvalue weighted by atomic mass is 9.97. The van der Waals surface area contributed by atoms with E-state index in [0.717, 1.165) is 41.1 Å². The van der Waals surface area contributed by atoms with Gasteiger partial charge in [-0.3, -0.25) is 19.0 Å². The summed E-state index contributed by atoms with van der Waals surface area (Å²) in [6.45, 7) is 4.98. The van der Waals surface area contributed by atoms with Crippen LogP contribution in [0.1, 0.15) is 47.6 Å². The smallest absolute Gasteiger partial charge is 0.298 e. The minimum absolute atomic E-state index is 0.0899. The Morgan fingerprint density at radius 3 is 2.69 bits per heavy atom. The molecule has 3 aromatic heterocycles. The normalized spacial score (nSPS) is 15.3. The SMILES string of the molecule is CC#CC(=O)N1CCC[C@@H](c2nc(-c3ccc(C(=O)Nc4ccccn4)cc3)c3cncc(C)n23)C1. The van der Waals surface area contributed by atoms with E-state index in [-0.39, 0.29) is 17.7 Å². The van der Waals surface area contributed by atoms with E-state index >= 15 is 0 Å². The van der Waals surface area contributed by atoms with Crippen LogP contribution in [-0.4, -0.2) is 49.2 Å². The fourth-order valence-corrected chi connectivity index (χ4v) is 4.66. The van der Waals surface area contributed by atoms with E-state index in [0.29, 0.717) is 24.5 Å². The van der Waals surface area contributed by atoms with Crippen molar-refractivity contribution in [1.82, 2.24) is 24.3 Å². The van der Waals surface area contributed by atoms with Crippen molar-refractivity contribution in [1.29, 1.82) is 0 Å². The Bertz CT molecular complexity index is 1480. The van der Waals surface area contributed by atoms with Gasteiger partial charge in [-0.1, -0.05) is 24.1 Å². The van der Waals surface area contributed by atoms with Crippen LogP contribution < -0.4 is 5.32 Å². The average Bonchev–Trinajstić information content (AvgIpc) is 3.31. The van der Waals surface area contributed by atoms with Crippen molar-refractivity contribution in [3.05, 3.63) is 78.1 Å². The Hall–Kier alpha value is -4.51. The topological polar surface area (TPSA) is 92.5 Å². The third-order valence-electron chi connectivity index (χ3n) is 6.38. The monoisotopic (exact) mass is 478 g/mol. The molecule has 0 aliphatic carbocycles. The van der Waals surface area contributed by atoms with E-state index in [1.54, 1.807) is 37.4 Å². The van der Waals surface area contributed by atoms with Gasteiger partial charge in [0.1, 0.15) is 11.6 Å². The number of hydrogen-bond acceptors (Lipinski definition) is 5. The number of aromatic nitrogens is 4. The van der Waals surface area contributed by atoms with Gasteiger partial charge in [0.2, 0.25) is 0 Å². The fourth-order valence-electron chi connectivity index (χ4n) is 4.66. The summed E-state index contributed by atoms with van der Waals surface area (Å²) in [5.74, 6) is 6.51. The second-order valence-corrected chi connectivity index (χ2v) is 8.80. The zero-order valence-corrected chi connectivity index (χ0v) is 20.2. The van der Waals surface area contributed by atoms with Gasteiger partial charge in [-0.15, -0.1) is 0 Å². The number of pyridine rings is 1. The second-order valence-electron chi connectivity index (χ2n) is 8.80. The molecule has 1 saturated heterocycles. The first-order valence-electron chi connectivity index (χ1n) is 11.9. The van der Waals surface area contributed by atoms with Gasteiger partial charge >= 0.3 is 0 Å². The maximum Gasteiger partial charge on any atom is 0.298 e. The zero-order chi connectivity index (χ0) is 25.1. The number of aryl methyl sites for hydroxylation is 1. The molecule has 0 bridgehead atoms. The number of hydrogen-bond donors (Lipinski definition) is 1. The van der Waals surface area contributed by atoms with Gasteiger partial charge < -0.3 is 10.2 Å². The van der Waals surface area contributed by atoms with E-state index in [4.69, 9.17) is 4.98 Å². The summed E-state index contributed by atoms with van der Waals surface area (Å²) in [7, 11) is 0. The van der Waals surface area contributed by atoms with Crippen LogP contribution >= 0.6 is 0 Å². The molecule has 2 amide bonds. The van der Waals surface area contributed by atoms with Crippen LogP contribution in [0.4, 0.5) is 5.82 Å². The fraction of sp³-hybridized carbons (Fsp3) is 0.250. The Morgan fingerprint density at radius 1 is 1.11 bits per heavy atom. The van der Waals surface area contributed by atoms with Crippen LogP contribution in [-0.2, 0) is 4.79 Å². The molecule has 1 aromatic carbocycles. The molecular formula is C28H26N6O2. The van der Waals surface area contributed by atoms with E-state index in [2.05, 4.69) is 31.5 Å². The van der Waals surface area contributed by atoms with E-state index in [9.17, 15) is 9.59 Å². The first kappa shape index (κ1) is 23.2. The molecule has 0 spiro atoms. The Kier molecular flexibility index (Phi) is 6.46. The summed E-state index contributed by atoms with van der Waals surface area (Å²) in [5.41, 5.74) is 4.09. The third kappa shape index (κ3) is 4.56. The van der Waals surface area contributed by atoms with Gasteiger partial charge in [-0.25, -0.2) is 9.97 Å².